The summed E-state index contributed by atoms with van der Waals surface area (Å²) in [6.45, 7) is 2.07. The lowest BCUT2D eigenvalue weighted by atomic mass is 10.1. The van der Waals surface area contributed by atoms with Crippen molar-refractivity contribution in [3.05, 3.63) is 54.1 Å². The van der Waals surface area contributed by atoms with Crippen molar-refractivity contribution in [3.8, 4) is 0 Å². The number of carbonyl (C=O) groups excluding carboxylic acids is 1. The Morgan fingerprint density at radius 3 is 2.95 bits per heavy atom. The smallest absolute Gasteiger partial charge is 0.220 e. The summed E-state index contributed by atoms with van der Waals surface area (Å²) >= 11 is 0. The maximum Gasteiger partial charge on any atom is 0.220 e. The van der Waals surface area contributed by atoms with Gasteiger partial charge in [-0.25, -0.2) is 4.98 Å². The summed E-state index contributed by atoms with van der Waals surface area (Å²) in [4.78, 5) is 15.8. The van der Waals surface area contributed by atoms with Crippen LogP contribution in [0, 0.1) is 0 Å². The molecule has 22 heavy (non-hydrogen) atoms. The van der Waals surface area contributed by atoms with E-state index in [1.807, 2.05) is 22.9 Å². The van der Waals surface area contributed by atoms with E-state index in [0.29, 0.717) is 19.6 Å². The first-order valence-electron chi connectivity index (χ1n) is 7.57. The number of ether oxygens (including phenoxy) is 1. The minimum absolute atomic E-state index is 0.0936. The van der Waals surface area contributed by atoms with Crippen LogP contribution in [0.5, 0.6) is 0 Å². The van der Waals surface area contributed by atoms with E-state index in [2.05, 4.69) is 22.4 Å². The van der Waals surface area contributed by atoms with Gasteiger partial charge in [0, 0.05) is 45.6 Å². The summed E-state index contributed by atoms with van der Waals surface area (Å²) in [5.41, 5.74) is 2.31. The molecule has 0 saturated carbocycles. The molecule has 0 unspecified atom stereocenters. The number of rotatable bonds is 9. The van der Waals surface area contributed by atoms with Gasteiger partial charge in [-0.2, -0.15) is 0 Å². The van der Waals surface area contributed by atoms with Gasteiger partial charge in [0.15, 0.2) is 0 Å². The minimum atomic E-state index is 0.0936. The van der Waals surface area contributed by atoms with Crippen molar-refractivity contribution in [2.75, 3.05) is 13.7 Å². The Kier molecular flexibility index (Phi) is 6.64. The number of nitrogens with zero attached hydrogens (tertiary/aromatic N) is 2. The van der Waals surface area contributed by atoms with Gasteiger partial charge in [0.1, 0.15) is 0 Å². The molecule has 0 radical (unpaired) electrons. The van der Waals surface area contributed by atoms with Crippen molar-refractivity contribution >= 4 is 5.91 Å². The molecule has 1 aromatic heterocycles. The third-order valence-corrected chi connectivity index (χ3v) is 3.41. The van der Waals surface area contributed by atoms with Gasteiger partial charge in [-0.3, -0.25) is 4.79 Å². The molecule has 1 aromatic carbocycles. The lowest BCUT2D eigenvalue weighted by molar-refractivity contribution is -0.121. The molecule has 0 aliphatic carbocycles. The van der Waals surface area contributed by atoms with Crippen LogP contribution < -0.4 is 5.32 Å². The van der Waals surface area contributed by atoms with Crippen LogP contribution in [-0.4, -0.2) is 29.2 Å². The highest BCUT2D eigenvalue weighted by atomic mass is 16.5. The molecular formula is C17H23N3O2. The number of aromatic nitrogens is 2. The molecule has 0 spiro atoms. The Hall–Kier alpha value is -2.14. The van der Waals surface area contributed by atoms with E-state index in [-0.39, 0.29) is 5.91 Å². The molecule has 0 saturated heterocycles. The molecule has 0 atom stereocenters. The standard InChI is InChI=1S/C17H23N3O2/c1-22-10-3-2-7-17(21)19-12-15-5-4-6-16(11-15)13-20-9-8-18-14-20/h4-6,8-9,11,14H,2-3,7,10,12-13H2,1H3,(H,19,21). The fourth-order valence-corrected chi connectivity index (χ4v) is 2.25. The van der Waals surface area contributed by atoms with Gasteiger partial charge in [-0.05, 0) is 24.0 Å². The van der Waals surface area contributed by atoms with Gasteiger partial charge in [0.2, 0.25) is 5.91 Å². The van der Waals surface area contributed by atoms with E-state index in [4.69, 9.17) is 4.74 Å². The number of amides is 1. The molecule has 1 amide bonds. The van der Waals surface area contributed by atoms with Crippen LogP contribution in [0.25, 0.3) is 0 Å². The second-order valence-electron chi connectivity index (χ2n) is 5.28. The Labute approximate surface area is 131 Å². The third kappa shape index (κ3) is 5.69. The normalized spacial score (nSPS) is 10.6. The van der Waals surface area contributed by atoms with Crippen molar-refractivity contribution in [2.45, 2.75) is 32.4 Å². The van der Waals surface area contributed by atoms with Crippen LogP contribution in [0.4, 0.5) is 0 Å². The van der Waals surface area contributed by atoms with Gasteiger partial charge < -0.3 is 14.6 Å². The molecule has 118 valence electrons. The van der Waals surface area contributed by atoms with Gasteiger partial charge in [0.25, 0.3) is 0 Å². The quantitative estimate of drug-likeness (QED) is 0.723. The zero-order valence-corrected chi connectivity index (χ0v) is 13.0. The summed E-state index contributed by atoms with van der Waals surface area (Å²) in [5.74, 6) is 0.0936. The highest BCUT2D eigenvalue weighted by Crippen LogP contribution is 2.07. The molecule has 0 aliphatic rings. The topological polar surface area (TPSA) is 56.1 Å². The number of nitrogens with one attached hydrogen (secondary N) is 1. The predicted molar refractivity (Wildman–Crippen MR) is 85.3 cm³/mol. The summed E-state index contributed by atoms with van der Waals surface area (Å²) < 4.78 is 6.99. The maximum absolute atomic E-state index is 11.8. The Morgan fingerprint density at radius 1 is 1.32 bits per heavy atom. The summed E-state index contributed by atoms with van der Waals surface area (Å²) in [5, 5.41) is 2.96. The van der Waals surface area contributed by atoms with Crippen LogP contribution in [0.2, 0.25) is 0 Å². The number of hydrogen-bond donors (Lipinski definition) is 1. The average Bonchev–Trinajstić information content (AvgIpc) is 3.03. The summed E-state index contributed by atoms with van der Waals surface area (Å²) in [7, 11) is 1.68. The fourth-order valence-electron chi connectivity index (χ4n) is 2.25. The van der Waals surface area contributed by atoms with Crippen molar-refractivity contribution in [1.29, 1.82) is 0 Å². The third-order valence-electron chi connectivity index (χ3n) is 3.41. The van der Waals surface area contributed by atoms with Gasteiger partial charge in [-0.15, -0.1) is 0 Å². The Bertz CT molecular complexity index is 567. The second kappa shape index (κ2) is 9.00. The number of carbonyl (C=O) groups is 1. The van der Waals surface area contributed by atoms with Crippen molar-refractivity contribution in [1.82, 2.24) is 14.9 Å². The first-order valence-corrected chi connectivity index (χ1v) is 7.57. The van der Waals surface area contributed by atoms with Crippen molar-refractivity contribution in [2.24, 2.45) is 0 Å². The Morgan fingerprint density at radius 2 is 2.18 bits per heavy atom. The van der Waals surface area contributed by atoms with Gasteiger partial charge >= 0.3 is 0 Å². The van der Waals surface area contributed by atoms with E-state index >= 15 is 0 Å². The van der Waals surface area contributed by atoms with E-state index < -0.39 is 0 Å². The number of methoxy groups -OCH3 is 1. The van der Waals surface area contributed by atoms with Crippen LogP contribution >= 0.6 is 0 Å². The highest BCUT2D eigenvalue weighted by molar-refractivity contribution is 5.75. The predicted octanol–water partition coefficient (Wildman–Crippen LogP) is 2.36. The van der Waals surface area contributed by atoms with Crippen LogP contribution in [0.3, 0.4) is 0 Å². The molecule has 1 heterocycles. The molecule has 2 aromatic rings. The van der Waals surface area contributed by atoms with Crippen LogP contribution in [-0.2, 0) is 22.6 Å². The molecule has 5 nitrogen and oxygen atoms in total. The zero-order valence-electron chi connectivity index (χ0n) is 13.0. The largest absolute Gasteiger partial charge is 0.385 e. The van der Waals surface area contributed by atoms with E-state index in [9.17, 15) is 4.79 Å². The van der Waals surface area contributed by atoms with Crippen molar-refractivity contribution in [3.63, 3.8) is 0 Å². The monoisotopic (exact) mass is 301 g/mol. The molecule has 1 N–H and O–H groups in total. The van der Waals surface area contributed by atoms with E-state index in [1.165, 1.54) is 5.56 Å². The highest BCUT2D eigenvalue weighted by Gasteiger charge is 2.02. The van der Waals surface area contributed by atoms with Gasteiger partial charge in [-0.1, -0.05) is 24.3 Å². The number of benzene rings is 1. The zero-order chi connectivity index (χ0) is 15.6. The Balaban J connectivity index is 1.76. The SMILES string of the molecule is COCCCCC(=O)NCc1cccc(Cn2ccnc2)c1. The molecule has 0 fully saturated rings. The van der Waals surface area contributed by atoms with Gasteiger partial charge in [0.05, 0.1) is 6.33 Å². The molecular weight excluding hydrogens is 278 g/mol. The second-order valence-corrected chi connectivity index (χ2v) is 5.28. The first kappa shape index (κ1) is 16.2. The fraction of sp³-hybridized carbons (Fsp3) is 0.412. The van der Waals surface area contributed by atoms with Crippen LogP contribution in [0.1, 0.15) is 30.4 Å². The summed E-state index contributed by atoms with van der Waals surface area (Å²) in [6, 6.07) is 8.25. The average molecular weight is 301 g/mol. The number of imidazole rings is 1. The lowest BCUT2D eigenvalue weighted by Gasteiger charge is -2.08. The molecule has 0 bridgehead atoms. The van der Waals surface area contributed by atoms with Crippen LogP contribution in [0.15, 0.2) is 43.0 Å². The first-order chi connectivity index (χ1) is 10.8. The van der Waals surface area contributed by atoms with Crippen molar-refractivity contribution < 1.29 is 9.53 Å². The van der Waals surface area contributed by atoms with E-state index in [0.717, 1.165) is 24.9 Å². The number of unbranched alkanes of at least 4 members (excludes halogenated alkanes) is 1. The van der Waals surface area contributed by atoms with E-state index in [1.54, 1.807) is 19.6 Å². The minimum Gasteiger partial charge on any atom is -0.385 e. The molecule has 2 rings (SSSR count). The maximum atomic E-state index is 11.8. The summed E-state index contributed by atoms with van der Waals surface area (Å²) in [6.07, 6.45) is 7.85. The molecule has 5 heteroatoms. The molecule has 0 aliphatic heterocycles. The number of hydrogen-bond acceptors (Lipinski definition) is 3. The lowest BCUT2D eigenvalue weighted by Crippen LogP contribution is -2.22.